The van der Waals surface area contributed by atoms with E-state index in [9.17, 15) is 0 Å². The average molecular weight is 817 g/mol. The van der Waals surface area contributed by atoms with E-state index in [1.165, 1.54) is 198 Å². The molecule has 2 rings (SSSR count). The molecule has 0 N–H and O–H groups in total. The maximum absolute atomic E-state index is 6.62. The minimum Gasteiger partial charge on any atom is -0.493 e. The molecule has 2 aromatic rings. The second-order valence-corrected chi connectivity index (χ2v) is 17.9. The first kappa shape index (κ1) is 52.0. The van der Waals surface area contributed by atoms with Crippen LogP contribution in [0.25, 0.3) is 6.08 Å². The lowest BCUT2D eigenvalue weighted by Crippen LogP contribution is -2.06. The maximum Gasteiger partial charge on any atom is 0.126 e. The zero-order valence-corrected chi connectivity index (χ0v) is 39.4. The number of thiocarbonyl (C=S) groups is 1. The van der Waals surface area contributed by atoms with Crippen molar-refractivity contribution in [2.75, 3.05) is 13.2 Å². The average Bonchev–Trinajstić information content (AvgIpc) is 3.24. The molecule has 0 bridgehead atoms. The molecule has 0 fully saturated rings. The van der Waals surface area contributed by atoms with Crippen LogP contribution in [0.3, 0.4) is 0 Å². The summed E-state index contributed by atoms with van der Waals surface area (Å²) in [6.07, 6.45) is 51.7. The van der Waals surface area contributed by atoms with E-state index in [0.29, 0.717) is 0 Å². The third-order valence-corrected chi connectivity index (χ3v) is 12.3. The van der Waals surface area contributed by atoms with Crippen LogP contribution in [-0.4, -0.2) is 18.1 Å². The highest BCUT2D eigenvalue weighted by Gasteiger charge is 2.14. The normalized spacial score (nSPS) is 11.5. The van der Waals surface area contributed by atoms with Gasteiger partial charge in [0.25, 0.3) is 0 Å². The Labute approximate surface area is 366 Å². The summed E-state index contributed by atoms with van der Waals surface area (Å²) in [5.74, 6) is 2.01. The third kappa shape index (κ3) is 28.4. The molecule has 0 unspecified atom stereocenters. The van der Waals surface area contributed by atoms with Crippen LogP contribution < -0.4 is 9.47 Å². The predicted octanol–water partition coefficient (Wildman–Crippen LogP) is 18.7. The molecule has 330 valence electrons. The largest absolute Gasteiger partial charge is 0.493 e. The summed E-state index contributed by atoms with van der Waals surface area (Å²) in [5.41, 5.74) is 3.42. The Morgan fingerprint density at radius 1 is 0.431 bits per heavy atom. The minimum atomic E-state index is 0.770. The lowest BCUT2D eigenvalue weighted by molar-refractivity contribution is 0.283. The summed E-state index contributed by atoms with van der Waals surface area (Å²) >= 11 is 5.78. The Bertz CT molecular complexity index is 1180. The van der Waals surface area contributed by atoms with Crippen molar-refractivity contribution >= 4 is 23.2 Å². The van der Waals surface area contributed by atoms with Crippen LogP contribution in [-0.2, 0) is 6.42 Å². The van der Waals surface area contributed by atoms with Gasteiger partial charge in [-0.1, -0.05) is 268 Å². The molecule has 0 heterocycles. The second-order valence-electron chi connectivity index (χ2n) is 17.5. The maximum atomic E-state index is 6.62. The Hall–Kier alpha value is -2.13. The highest BCUT2D eigenvalue weighted by Crippen LogP contribution is 2.34. The van der Waals surface area contributed by atoms with Crippen molar-refractivity contribution in [1.29, 1.82) is 0 Å². The molecule has 0 atom stereocenters. The van der Waals surface area contributed by atoms with Crippen LogP contribution in [0, 0.1) is 0 Å². The van der Waals surface area contributed by atoms with E-state index in [0.717, 1.165) is 72.8 Å². The fraction of sp³-hybridized carbons (Fsp3) is 0.727. The molecule has 0 radical (unpaired) electrons. The fourth-order valence-corrected chi connectivity index (χ4v) is 8.33. The van der Waals surface area contributed by atoms with Gasteiger partial charge in [0.05, 0.1) is 13.2 Å². The summed E-state index contributed by atoms with van der Waals surface area (Å²) in [4.78, 5) is 0.849. The summed E-state index contributed by atoms with van der Waals surface area (Å²) in [7, 11) is 0. The first-order chi connectivity index (χ1) is 28.7. The van der Waals surface area contributed by atoms with Gasteiger partial charge in [-0.05, 0) is 55.0 Å². The molecule has 0 aliphatic rings. The van der Waals surface area contributed by atoms with Crippen LogP contribution in [0.4, 0.5) is 0 Å². The minimum absolute atomic E-state index is 0.770. The van der Waals surface area contributed by atoms with Gasteiger partial charge in [0.2, 0.25) is 0 Å². The van der Waals surface area contributed by atoms with Crippen molar-refractivity contribution in [2.24, 2.45) is 0 Å². The van der Waals surface area contributed by atoms with Gasteiger partial charge in [0, 0.05) is 10.4 Å². The van der Waals surface area contributed by atoms with E-state index in [1.807, 2.05) is 18.2 Å². The molecular weight excluding hydrogens is 725 g/mol. The van der Waals surface area contributed by atoms with Crippen LogP contribution in [0.15, 0.2) is 48.5 Å². The number of benzene rings is 2. The van der Waals surface area contributed by atoms with E-state index < -0.39 is 0 Å². The fourth-order valence-electron chi connectivity index (χ4n) is 8.13. The molecule has 0 saturated carbocycles. The summed E-state index contributed by atoms with van der Waals surface area (Å²) in [6.45, 7) is 8.42. The zero-order valence-electron chi connectivity index (χ0n) is 38.6. The number of rotatable bonds is 42. The Morgan fingerprint density at radius 2 is 0.759 bits per heavy atom. The van der Waals surface area contributed by atoms with E-state index >= 15 is 0 Å². The van der Waals surface area contributed by atoms with E-state index in [4.69, 9.17) is 21.7 Å². The van der Waals surface area contributed by atoms with Crippen molar-refractivity contribution in [3.8, 4) is 11.5 Å². The third-order valence-electron chi connectivity index (χ3n) is 12.0. The van der Waals surface area contributed by atoms with Crippen molar-refractivity contribution in [3.63, 3.8) is 0 Å². The van der Waals surface area contributed by atoms with E-state index in [2.05, 4.69) is 57.2 Å². The molecule has 0 amide bonds. The van der Waals surface area contributed by atoms with Crippen molar-refractivity contribution < 1.29 is 9.47 Å². The first-order valence-corrected chi connectivity index (χ1v) is 25.8. The number of ether oxygens (including phenoxy) is 2. The SMILES string of the molecule is CCCCCCCCCCCCCCCCCCOc1cc(C=CC(=S)c2ccccc2)cc(OCCCCCCCCCCCCCCCCCC)c1CCCC. The molecule has 0 saturated heterocycles. The number of allylic oxidation sites excluding steroid dienone is 1. The summed E-state index contributed by atoms with van der Waals surface area (Å²) in [6, 6.07) is 14.8. The van der Waals surface area contributed by atoms with Crippen LogP contribution in [0.2, 0.25) is 0 Å². The van der Waals surface area contributed by atoms with Crippen LogP contribution >= 0.6 is 12.2 Å². The van der Waals surface area contributed by atoms with Crippen LogP contribution in [0.1, 0.15) is 256 Å². The van der Waals surface area contributed by atoms with Gasteiger partial charge >= 0.3 is 0 Å². The smallest absolute Gasteiger partial charge is 0.126 e. The summed E-state index contributed by atoms with van der Waals surface area (Å²) in [5, 5.41) is 0. The molecule has 2 nitrogen and oxygen atoms in total. The molecule has 0 aliphatic carbocycles. The summed E-state index contributed by atoms with van der Waals surface area (Å²) < 4.78 is 13.2. The topological polar surface area (TPSA) is 18.5 Å². The standard InChI is InChI=1S/C55H92O2S/c1-4-7-10-12-14-16-18-20-22-24-26-28-30-32-34-39-46-56-53-48-50(44-45-55(58)51-41-37-36-38-42-51)49-54(52(53)43-9-6-3)57-47-40-35-33-31-29-27-25-23-21-19-17-15-13-11-8-5-2/h36-38,41-42,44-45,48-49H,4-35,39-40,43,46-47H2,1-3H3. The van der Waals surface area contributed by atoms with Crippen molar-refractivity contribution in [2.45, 2.75) is 245 Å². The van der Waals surface area contributed by atoms with Gasteiger partial charge in [0.1, 0.15) is 11.5 Å². The van der Waals surface area contributed by atoms with Gasteiger partial charge in [-0.15, -0.1) is 0 Å². The molecule has 0 spiro atoms. The highest BCUT2D eigenvalue weighted by atomic mass is 32.1. The van der Waals surface area contributed by atoms with E-state index in [1.54, 1.807) is 0 Å². The number of hydrogen-bond donors (Lipinski definition) is 0. The van der Waals surface area contributed by atoms with Gasteiger partial charge in [-0.2, -0.15) is 0 Å². The molecule has 0 aromatic heterocycles. The van der Waals surface area contributed by atoms with E-state index in [-0.39, 0.29) is 0 Å². The lowest BCUT2D eigenvalue weighted by atomic mass is 10.0. The van der Waals surface area contributed by atoms with Gasteiger partial charge < -0.3 is 9.47 Å². The number of unbranched alkanes of at least 4 members (excludes halogenated alkanes) is 31. The molecule has 0 aliphatic heterocycles. The lowest BCUT2D eigenvalue weighted by Gasteiger charge is -2.18. The molecular formula is C55H92O2S. The van der Waals surface area contributed by atoms with Crippen molar-refractivity contribution in [1.82, 2.24) is 0 Å². The number of hydrogen-bond acceptors (Lipinski definition) is 3. The first-order valence-electron chi connectivity index (χ1n) is 25.4. The Kier molecular flexibility index (Phi) is 35.0. The molecule has 58 heavy (non-hydrogen) atoms. The zero-order chi connectivity index (χ0) is 41.4. The molecule has 3 heteroatoms. The second kappa shape index (κ2) is 39.0. The molecule has 2 aromatic carbocycles. The van der Waals surface area contributed by atoms with Gasteiger partial charge in [-0.3, -0.25) is 0 Å². The Balaban J connectivity index is 1.77. The van der Waals surface area contributed by atoms with Crippen LogP contribution in [0.5, 0.6) is 11.5 Å². The quantitative estimate of drug-likeness (QED) is 0.0288. The highest BCUT2D eigenvalue weighted by molar-refractivity contribution is 7.81. The Morgan fingerprint density at radius 3 is 1.10 bits per heavy atom. The predicted molar refractivity (Wildman–Crippen MR) is 262 cm³/mol. The van der Waals surface area contributed by atoms with Gasteiger partial charge in [0.15, 0.2) is 0 Å². The monoisotopic (exact) mass is 817 g/mol. The van der Waals surface area contributed by atoms with Gasteiger partial charge in [-0.25, -0.2) is 0 Å². The van der Waals surface area contributed by atoms with Crippen molar-refractivity contribution in [3.05, 3.63) is 65.2 Å².